The number of carbonyl (C=O) groups is 2. The maximum atomic E-state index is 14.3. The van der Waals surface area contributed by atoms with Crippen LogP contribution in [-0.4, -0.2) is 170 Å². The highest BCUT2D eigenvalue weighted by atomic mass is 35.5. The number of sulfone groups is 1. The third-order valence-corrected chi connectivity index (χ3v) is 19.2. The highest BCUT2D eigenvalue weighted by Crippen LogP contribution is 2.44. The summed E-state index contributed by atoms with van der Waals surface area (Å²) in [4.78, 5) is 36.2. The second-order valence-corrected chi connectivity index (χ2v) is 27.4. The number of nitrogens with zero attached hydrogens (tertiary/aromatic N) is 5. The fraction of sp³-hybridized carbons (Fsp3) is 0.509. The zero-order chi connectivity index (χ0) is 56.6. The molecule has 1 aliphatic carbocycles. The molecule has 2 N–H and O–H groups in total. The van der Waals surface area contributed by atoms with E-state index in [0.717, 1.165) is 94.2 Å². The Balaban J connectivity index is 0.902. The standard InChI is InChI=1S/C57H73ClF3N7O8S3/c1-55(2,3)76-54(70)68-32-28-66(29-33-68)41-56(4)23-21-50(42-11-15-45(58)16-12-42)44(38-56)39-65-26-30-67(31-27-65)47-17-13-43(14-18-47)53(69)63-79(73,74)49-19-20-51(52(37-49)78(71,72)57(59,60)61)62-46(40-77-48-9-6-5-7-10-48)22-25-64-24-8-35-75-36-34-64/h5-7,9-20,37,46,62H,8,21-36,38-41H2,1-4H3,(H,63,69)/t46-,56-/m1/s1. The van der Waals surface area contributed by atoms with Crippen molar-refractivity contribution in [3.8, 4) is 0 Å². The minimum atomic E-state index is -6.08. The van der Waals surface area contributed by atoms with Gasteiger partial charge >= 0.3 is 11.6 Å². The number of hydrogen-bond acceptors (Lipinski definition) is 14. The molecule has 2 amide bonds. The molecule has 22 heteroatoms. The SMILES string of the molecule is CC(C)(C)OC(=O)N1CCN(C[C@]2(C)CCC(c3ccc(Cl)cc3)=C(CN3CCN(c4ccc(C(=O)NS(=O)(=O)c5ccc(N[C@H](CCN6CCCOCC6)CSc6ccccc6)c(S(=O)(=O)C(F)(F)F)c5)cc4)CC3)C2)CC1. The minimum absolute atomic E-state index is 0.0194. The second kappa shape index (κ2) is 25.9. The van der Waals surface area contributed by atoms with Crippen LogP contribution in [0.1, 0.15) is 75.7 Å². The molecular formula is C57H73ClF3N7O8S3. The number of thioether (sulfide) groups is 1. The summed E-state index contributed by atoms with van der Waals surface area (Å²) in [5.41, 5.74) is -1.94. The summed E-state index contributed by atoms with van der Waals surface area (Å²) in [5, 5.41) is 3.70. The molecule has 4 aliphatic rings. The Morgan fingerprint density at radius 1 is 0.810 bits per heavy atom. The number of piperazine rings is 2. The van der Waals surface area contributed by atoms with Crippen LogP contribution in [0.4, 0.5) is 29.3 Å². The summed E-state index contributed by atoms with van der Waals surface area (Å²) in [6.07, 6.45) is 3.87. The second-order valence-electron chi connectivity index (χ2n) is 22.2. The zero-order valence-electron chi connectivity index (χ0n) is 45.4. The van der Waals surface area contributed by atoms with Crippen molar-refractivity contribution in [2.45, 2.75) is 91.6 Å². The first-order valence-corrected chi connectivity index (χ1v) is 31.3. The van der Waals surface area contributed by atoms with E-state index in [4.69, 9.17) is 21.1 Å². The fourth-order valence-corrected chi connectivity index (χ4v) is 13.8. The van der Waals surface area contributed by atoms with Crippen molar-refractivity contribution >= 4 is 72.2 Å². The molecule has 3 saturated heterocycles. The van der Waals surface area contributed by atoms with E-state index in [9.17, 15) is 39.6 Å². The van der Waals surface area contributed by atoms with E-state index < -0.39 is 58.4 Å². The lowest BCUT2D eigenvalue weighted by molar-refractivity contribution is -0.0436. The first-order chi connectivity index (χ1) is 37.4. The molecule has 4 aromatic carbocycles. The number of benzene rings is 4. The Morgan fingerprint density at radius 2 is 1.49 bits per heavy atom. The maximum Gasteiger partial charge on any atom is 0.501 e. The molecule has 0 unspecified atom stereocenters. The zero-order valence-corrected chi connectivity index (χ0v) is 48.6. The van der Waals surface area contributed by atoms with Gasteiger partial charge in [-0.25, -0.2) is 26.4 Å². The van der Waals surface area contributed by atoms with Crippen molar-refractivity contribution in [1.82, 2.24) is 24.3 Å². The van der Waals surface area contributed by atoms with Gasteiger partial charge < -0.3 is 29.5 Å². The summed E-state index contributed by atoms with van der Waals surface area (Å²) in [7, 11) is -11.0. The molecule has 0 saturated carbocycles. The Labute approximate surface area is 473 Å². The third-order valence-electron chi connectivity index (χ3n) is 14.9. The number of alkyl halides is 3. The number of rotatable bonds is 18. The van der Waals surface area contributed by atoms with Gasteiger partial charge in [-0.3, -0.25) is 14.6 Å². The quantitative estimate of drug-likeness (QED) is 0.0906. The Bertz CT molecular complexity index is 2980. The smallest absolute Gasteiger partial charge is 0.444 e. The number of anilines is 2. The van der Waals surface area contributed by atoms with E-state index in [-0.39, 0.29) is 17.1 Å². The first kappa shape index (κ1) is 60.2. The van der Waals surface area contributed by atoms with E-state index in [1.54, 1.807) is 17.0 Å². The summed E-state index contributed by atoms with van der Waals surface area (Å²) >= 11 is 7.77. The van der Waals surface area contributed by atoms with Gasteiger partial charge in [0.05, 0.1) is 17.2 Å². The predicted octanol–water partition coefficient (Wildman–Crippen LogP) is 9.76. The van der Waals surface area contributed by atoms with E-state index in [1.807, 2.05) is 68.0 Å². The number of ether oxygens (including phenoxy) is 2. The molecule has 15 nitrogen and oxygen atoms in total. The molecule has 3 heterocycles. The Hall–Kier alpha value is -4.87. The van der Waals surface area contributed by atoms with E-state index in [0.29, 0.717) is 75.7 Å². The molecule has 0 bridgehead atoms. The van der Waals surface area contributed by atoms with Crippen LogP contribution in [0.25, 0.3) is 5.57 Å². The number of amides is 2. The minimum Gasteiger partial charge on any atom is -0.444 e. The van der Waals surface area contributed by atoms with Crippen molar-refractivity contribution < 1.29 is 49.1 Å². The lowest BCUT2D eigenvalue weighted by atomic mass is 9.71. The average molecular weight is 1170 g/mol. The van der Waals surface area contributed by atoms with Gasteiger partial charge in [0.25, 0.3) is 25.8 Å². The predicted molar refractivity (Wildman–Crippen MR) is 305 cm³/mol. The molecule has 4 aromatic rings. The lowest BCUT2D eigenvalue weighted by Gasteiger charge is -2.44. The third kappa shape index (κ3) is 16.4. The molecule has 8 rings (SSSR count). The molecule has 2 atom stereocenters. The molecule has 79 heavy (non-hydrogen) atoms. The number of carbonyl (C=O) groups excluding carboxylic acids is 2. The van der Waals surface area contributed by atoms with Gasteiger partial charge in [0.1, 0.15) is 10.5 Å². The van der Waals surface area contributed by atoms with Crippen LogP contribution in [0.5, 0.6) is 0 Å². The van der Waals surface area contributed by atoms with Crippen LogP contribution >= 0.6 is 23.4 Å². The van der Waals surface area contributed by atoms with Crippen LogP contribution in [0.2, 0.25) is 5.02 Å². The summed E-state index contributed by atoms with van der Waals surface area (Å²) in [6.45, 7) is 18.6. The van der Waals surface area contributed by atoms with Crippen LogP contribution in [0.15, 0.2) is 117 Å². The van der Waals surface area contributed by atoms with Crippen molar-refractivity contribution in [3.63, 3.8) is 0 Å². The molecular weight excluding hydrogens is 1100 g/mol. The van der Waals surface area contributed by atoms with Gasteiger partial charge in [-0.1, -0.05) is 54.4 Å². The van der Waals surface area contributed by atoms with E-state index in [2.05, 4.69) is 44.0 Å². The van der Waals surface area contributed by atoms with E-state index in [1.165, 1.54) is 40.6 Å². The summed E-state index contributed by atoms with van der Waals surface area (Å²) < 4.78 is 110. The molecule has 0 aromatic heterocycles. The Kier molecular flexibility index (Phi) is 19.8. The monoisotopic (exact) mass is 1170 g/mol. The topological polar surface area (TPSA) is 161 Å². The molecule has 3 aliphatic heterocycles. The van der Waals surface area contributed by atoms with Gasteiger partial charge in [0.15, 0.2) is 0 Å². The number of halogens is 4. The molecule has 430 valence electrons. The highest BCUT2D eigenvalue weighted by Gasteiger charge is 2.49. The van der Waals surface area contributed by atoms with Crippen LogP contribution in [0, 0.1) is 5.41 Å². The van der Waals surface area contributed by atoms with Gasteiger partial charge in [-0.2, -0.15) is 13.2 Å². The van der Waals surface area contributed by atoms with Crippen molar-refractivity contribution in [2.75, 3.05) is 114 Å². The lowest BCUT2D eigenvalue weighted by Crippen LogP contribution is -2.52. The maximum absolute atomic E-state index is 14.3. The van der Waals surface area contributed by atoms with Crippen molar-refractivity contribution in [2.24, 2.45) is 5.41 Å². The first-order valence-electron chi connectivity index (χ1n) is 27.0. The average Bonchev–Trinajstić information content (AvgIpc) is 3.79. The van der Waals surface area contributed by atoms with Gasteiger partial charge in [0.2, 0.25) is 0 Å². The number of nitrogens with one attached hydrogen (secondary N) is 2. The molecule has 0 radical (unpaired) electrons. The van der Waals surface area contributed by atoms with Crippen LogP contribution in [0.3, 0.4) is 0 Å². The number of allylic oxidation sites excluding steroid dienone is 1. The molecule has 0 spiro atoms. The van der Waals surface area contributed by atoms with E-state index >= 15 is 0 Å². The highest BCUT2D eigenvalue weighted by molar-refractivity contribution is 7.99. The van der Waals surface area contributed by atoms with Crippen LogP contribution in [-0.2, 0) is 29.3 Å². The summed E-state index contributed by atoms with van der Waals surface area (Å²) in [6, 6.07) is 25.8. The van der Waals surface area contributed by atoms with Gasteiger partial charge in [-0.05, 0) is 136 Å². The fourth-order valence-electron chi connectivity index (χ4n) is 10.7. The van der Waals surface area contributed by atoms with Gasteiger partial charge in [-0.15, -0.1) is 11.8 Å². The number of hydrogen-bond donors (Lipinski definition) is 2. The van der Waals surface area contributed by atoms with Gasteiger partial charge in [0, 0.05) is 125 Å². The van der Waals surface area contributed by atoms with Crippen molar-refractivity contribution in [1.29, 1.82) is 0 Å². The van der Waals surface area contributed by atoms with Crippen LogP contribution < -0.4 is 14.9 Å². The number of sulfonamides is 1. The summed E-state index contributed by atoms with van der Waals surface area (Å²) in [5.74, 6) is -0.680. The molecule has 3 fully saturated rings. The largest absolute Gasteiger partial charge is 0.501 e. The normalized spacial score (nSPS) is 20.2. The Morgan fingerprint density at radius 3 is 2.16 bits per heavy atom. The van der Waals surface area contributed by atoms with Crippen molar-refractivity contribution in [3.05, 3.63) is 119 Å².